The summed E-state index contributed by atoms with van der Waals surface area (Å²) in [7, 11) is -4.03. The number of phenolic OH excluding ortho intramolecular Hbond substituents is 1. The molecule has 7 nitrogen and oxygen atoms in total. The number of hydrogen-bond acceptors (Lipinski definition) is 5. The topological polar surface area (TPSA) is 98.7 Å². The summed E-state index contributed by atoms with van der Waals surface area (Å²) in [6.45, 7) is 1.85. The van der Waals surface area contributed by atoms with Gasteiger partial charge in [-0.25, -0.2) is 13.4 Å². The van der Waals surface area contributed by atoms with Gasteiger partial charge in [0, 0.05) is 11.3 Å². The van der Waals surface area contributed by atoms with E-state index in [-0.39, 0.29) is 10.6 Å². The number of hydrogen-bond donors (Lipinski definition) is 3. The van der Waals surface area contributed by atoms with E-state index in [0.717, 1.165) is 10.6 Å². The number of carbonyl (C=O) groups is 1. The fourth-order valence-corrected chi connectivity index (χ4v) is 4.23. The van der Waals surface area contributed by atoms with Crippen LogP contribution in [0, 0.1) is 6.92 Å². The average Bonchev–Trinajstić information content (AvgIpc) is 2.71. The minimum atomic E-state index is -4.03. The van der Waals surface area contributed by atoms with Crippen molar-refractivity contribution in [1.82, 2.24) is 9.84 Å². The summed E-state index contributed by atoms with van der Waals surface area (Å²) in [6, 6.07) is 19.6. The van der Waals surface area contributed by atoms with Crippen LogP contribution in [0.4, 0.5) is 5.69 Å². The maximum Gasteiger partial charge on any atom is 0.273 e. The van der Waals surface area contributed by atoms with E-state index in [1.54, 1.807) is 54.6 Å². The molecule has 0 unspecified atom stereocenters. The van der Waals surface area contributed by atoms with Gasteiger partial charge in [0.25, 0.3) is 15.9 Å². The van der Waals surface area contributed by atoms with Gasteiger partial charge in [0.2, 0.25) is 0 Å². The zero-order valence-electron chi connectivity index (χ0n) is 15.5. The molecule has 0 bridgehead atoms. The normalized spacial score (nSPS) is 16.2. The lowest BCUT2D eigenvalue weighted by molar-refractivity contribution is 0.0630. The van der Waals surface area contributed by atoms with Crippen molar-refractivity contribution in [2.24, 2.45) is 0 Å². The molecule has 1 aliphatic rings. The average molecular weight is 409 g/mol. The smallest absolute Gasteiger partial charge is 0.273 e. The van der Waals surface area contributed by atoms with E-state index < -0.39 is 22.1 Å². The molecular weight excluding hydrogens is 390 g/mol. The van der Waals surface area contributed by atoms with E-state index >= 15 is 0 Å². The Labute approximate surface area is 168 Å². The number of nitrogens with one attached hydrogen (secondary N) is 2. The van der Waals surface area contributed by atoms with Crippen molar-refractivity contribution < 1.29 is 18.3 Å². The number of aromatic hydroxyl groups is 1. The molecule has 148 valence electrons. The number of nitrogens with zero attached hydrogens (tertiary/aromatic N) is 1. The maximum absolute atomic E-state index is 13.2. The molecule has 0 aromatic heterocycles. The molecule has 3 aromatic carbocycles. The second-order valence-electron chi connectivity index (χ2n) is 6.73. The summed E-state index contributed by atoms with van der Waals surface area (Å²) in [5.41, 5.74) is 2.16. The minimum Gasteiger partial charge on any atom is -0.508 e. The fraction of sp³-hybridized carbons (Fsp3) is 0.0952. The highest BCUT2D eigenvalue weighted by molar-refractivity contribution is 7.89. The quantitative estimate of drug-likeness (QED) is 0.615. The van der Waals surface area contributed by atoms with Crippen LogP contribution in [-0.4, -0.2) is 24.4 Å². The first-order valence-corrected chi connectivity index (χ1v) is 10.4. The fourth-order valence-electron chi connectivity index (χ4n) is 3.18. The van der Waals surface area contributed by atoms with Crippen LogP contribution in [0.25, 0.3) is 0 Å². The molecule has 29 heavy (non-hydrogen) atoms. The van der Waals surface area contributed by atoms with Gasteiger partial charge in [-0.1, -0.05) is 48.0 Å². The van der Waals surface area contributed by atoms with Crippen LogP contribution in [0.3, 0.4) is 0 Å². The van der Waals surface area contributed by atoms with Gasteiger partial charge in [-0.2, -0.15) is 0 Å². The van der Waals surface area contributed by atoms with Crippen LogP contribution in [0.5, 0.6) is 5.75 Å². The first-order valence-electron chi connectivity index (χ1n) is 8.93. The Bertz CT molecular complexity index is 1180. The molecule has 3 aromatic rings. The molecule has 8 heteroatoms. The van der Waals surface area contributed by atoms with Crippen LogP contribution in [-0.2, 0) is 10.0 Å². The third kappa shape index (κ3) is 3.55. The highest BCUT2D eigenvalue weighted by Gasteiger charge is 2.37. The summed E-state index contributed by atoms with van der Waals surface area (Å²) in [5.74, 6) is -0.583. The van der Waals surface area contributed by atoms with E-state index in [1.165, 1.54) is 18.2 Å². The van der Waals surface area contributed by atoms with E-state index in [0.29, 0.717) is 16.8 Å². The zero-order valence-corrected chi connectivity index (χ0v) is 16.3. The molecule has 4 rings (SSSR count). The van der Waals surface area contributed by atoms with Gasteiger partial charge in [-0.15, -0.1) is 4.83 Å². The molecule has 1 atom stereocenters. The molecule has 0 aliphatic carbocycles. The molecular formula is C21H19N3O4S. The van der Waals surface area contributed by atoms with E-state index in [9.17, 15) is 18.3 Å². The monoisotopic (exact) mass is 409 g/mol. The molecule has 0 saturated carbocycles. The largest absolute Gasteiger partial charge is 0.508 e. The second kappa shape index (κ2) is 7.23. The van der Waals surface area contributed by atoms with Crippen LogP contribution < -0.4 is 10.1 Å². The second-order valence-corrected chi connectivity index (χ2v) is 8.40. The standard InChI is InChI=1S/C21H19N3O4S/c1-14-10-12-15(13-11-14)29(27,28)23-24-20(17-7-3-5-9-19(17)25)22-18-8-4-2-6-16(18)21(24)26/h2-13,20,22-23,25H,1H3/t20-/m1/s1. The number of benzene rings is 3. The molecule has 1 aliphatic heterocycles. The van der Waals surface area contributed by atoms with E-state index in [1.807, 2.05) is 6.92 Å². The Morgan fingerprint density at radius 3 is 2.34 bits per heavy atom. The third-order valence-electron chi connectivity index (χ3n) is 4.71. The molecule has 0 fully saturated rings. The van der Waals surface area contributed by atoms with E-state index in [2.05, 4.69) is 10.1 Å². The predicted molar refractivity (Wildman–Crippen MR) is 109 cm³/mol. The summed E-state index contributed by atoms with van der Waals surface area (Å²) in [4.78, 5) is 15.6. The molecule has 0 spiro atoms. The van der Waals surface area contributed by atoms with Crippen LogP contribution in [0.2, 0.25) is 0 Å². The van der Waals surface area contributed by atoms with Gasteiger partial charge in [-0.3, -0.25) is 4.79 Å². The van der Waals surface area contributed by atoms with Crippen molar-refractivity contribution in [3.8, 4) is 5.75 Å². The molecule has 1 amide bonds. The molecule has 1 heterocycles. The van der Waals surface area contributed by atoms with Crippen LogP contribution >= 0.6 is 0 Å². The van der Waals surface area contributed by atoms with Crippen molar-refractivity contribution in [3.05, 3.63) is 89.5 Å². The number of rotatable bonds is 4. The lowest BCUT2D eigenvalue weighted by Gasteiger charge is -2.37. The Morgan fingerprint density at radius 2 is 1.62 bits per heavy atom. The molecule has 0 radical (unpaired) electrons. The van der Waals surface area contributed by atoms with Crippen molar-refractivity contribution in [2.45, 2.75) is 18.0 Å². The third-order valence-corrected chi connectivity index (χ3v) is 6.04. The van der Waals surface area contributed by atoms with Gasteiger partial charge < -0.3 is 10.4 Å². The summed E-state index contributed by atoms with van der Waals surface area (Å²) >= 11 is 0. The lowest BCUT2D eigenvalue weighted by atomic mass is 10.0. The number of fused-ring (bicyclic) bond motifs is 1. The van der Waals surface area contributed by atoms with Gasteiger partial charge in [0.1, 0.15) is 11.9 Å². The van der Waals surface area contributed by atoms with Crippen molar-refractivity contribution in [3.63, 3.8) is 0 Å². The molecule has 3 N–H and O–H groups in total. The minimum absolute atomic E-state index is 0.0331. The van der Waals surface area contributed by atoms with Crippen LogP contribution in [0.1, 0.15) is 27.7 Å². The maximum atomic E-state index is 13.2. The summed E-state index contributed by atoms with van der Waals surface area (Å²) in [6.07, 6.45) is -0.932. The van der Waals surface area contributed by atoms with Crippen molar-refractivity contribution in [1.29, 1.82) is 0 Å². The van der Waals surface area contributed by atoms with Crippen LogP contribution in [0.15, 0.2) is 77.7 Å². The van der Waals surface area contributed by atoms with Gasteiger partial charge in [0.15, 0.2) is 0 Å². The van der Waals surface area contributed by atoms with E-state index in [4.69, 9.17) is 0 Å². The van der Waals surface area contributed by atoms with Crippen molar-refractivity contribution >= 4 is 21.6 Å². The highest BCUT2D eigenvalue weighted by atomic mass is 32.2. The number of para-hydroxylation sites is 2. The van der Waals surface area contributed by atoms with Gasteiger partial charge >= 0.3 is 0 Å². The number of phenols is 1. The van der Waals surface area contributed by atoms with Gasteiger partial charge in [-0.05, 0) is 37.3 Å². The number of aryl methyl sites for hydroxylation is 1. The zero-order chi connectivity index (χ0) is 20.6. The lowest BCUT2D eigenvalue weighted by Crippen LogP contribution is -2.52. The van der Waals surface area contributed by atoms with Gasteiger partial charge in [0.05, 0.1) is 10.5 Å². The Hall–Kier alpha value is -3.36. The Morgan fingerprint density at radius 1 is 0.966 bits per heavy atom. The molecule has 0 saturated heterocycles. The highest BCUT2D eigenvalue weighted by Crippen LogP contribution is 2.35. The first kappa shape index (κ1) is 19.0. The predicted octanol–water partition coefficient (Wildman–Crippen LogP) is 3.16. The number of amides is 1. The number of sulfonamides is 1. The van der Waals surface area contributed by atoms with Crippen molar-refractivity contribution in [2.75, 3.05) is 5.32 Å². The summed E-state index contributed by atoms with van der Waals surface area (Å²) in [5, 5.41) is 14.4. The number of anilines is 1. The Balaban J connectivity index is 1.78. The SMILES string of the molecule is Cc1ccc(S(=O)(=O)NN2C(=O)c3ccccc3N[C@H]2c2ccccc2O)cc1. The number of hydrazine groups is 1. The Kier molecular flexibility index (Phi) is 4.73. The number of carbonyl (C=O) groups excluding carboxylic acids is 1. The first-order chi connectivity index (χ1) is 13.9. The summed E-state index contributed by atoms with van der Waals surface area (Å²) < 4.78 is 25.9.